The molecule has 5 heteroatoms. The number of unbranched alkanes of at least 4 members (excludes halogenated alkanes) is 1. The Kier molecular flexibility index (Phi) is 5.39. The molecular formula is C14H20N2O2S. The van der Waals surface area contributed by atoms with Crippen LogP contribution in [-0.4, -0.2) is 37.6 Å². The van der Waals surface area contributed by atoms with Crippen LogP contribution in [0.1, 0.15) is 23.2 Å². The standard InChI is InChI=1S/C14H20N2O2S/c1-19-10-3-2-7-16-14(17)11-5-4-6-12-13(11)18-9-8-15-12/h4-6,15H,2-3,7-10H2,1H3,(H,16,17). The first-order valence-electron chi connectivity index (χ1n) is 6.59. The minimum atomic E-state index is -0.0512. The van der Waals surface area contributed by atoms with Crippen molar-refractivity contribution in [1.82, 2.24) is 5.32 Å². The topological polar surface area (TPSA) is 50.4 Å². The van der Waals surface area contributed by atoms with Crippen LogP contribution in [0.15, 0.2) is 18.2 Å². The van der Waals surface area contributed by atoms with Crippen LogP contribution in [0.25, 0.3) is 0 Å². The number of hydrogen-bond donors (Lipinski definition) is 2. The monoisotopic (exact) mass is 280 g/mol. The van der Waals surface area contributed by atoms with E-state index in [2.05, 4.69) is 16.9 Å². The molecule has 0 radical (unpaired) electrons. The molecular weight excluding hydrogens is 260 g/mol. The first-order chi connectivity index (χ1) is 9.33. The number of carbonyl (C=O) groups is 1. The zero-order chi connectivity index (χ0) is 13.5. The minimum absolute atomic E-state index is 0.0512. The van der Waals surface area contributed by atoms with Gasteiger partial charge in [-0.25, -0.2) is 0 Å². The van der Waals surface area contributed by atoms with Crippen molar-refractivity contribution in [3.05, 3.63) is 23.8 Å². The molecule has 104 valence electrons. The highest BCUT2D eigenvalue weighted by Crippen LogP contribution is 2.30. The Labute approximate surface area is 118 Å². The second-order valence-corrected chi connectivity index (χ2v) is 5.40. The van der Waals surface area contributed by atoms with E-state index in [0.717, 1.165) is 37.4 Å². The lowest BCUT2D eigenvalue weighted by atomic mass is 10.1. The first-order valence-corrected chi connectivity index (χ1v) is 7.99. The largest absolute Gasteiger partial charge is 0.489 e. The Morgan fingerprint density at radius 1 is 1.47 bits per heavy atom. The van der Waals surface area contributed by atoms with Crippen LogP contribution in [-0.2, 0) is 0 Å². The van der Waals surface area contributed by atoms with Crippen molar-refractivity contribution in [1.29, 1.82) is 0 Å². The molecule has 0 aliphatic carbocycles. The number of benzene rings is 1. The number of nitrogens with one attached hydrogen (secondary N) is 2. The maximum atomic E-state index is 12.1. The molecule has 4 nitrogen and oxygen atoms in total. The highest BCUT2D eigenvalue weighted by molar-refractivity contribution is 7.98. The zero-order valence-corrected chi connectivity index (χ0v) is 12.0. The van der Waals surface area contributed by atoms with Gasteiger partial charge >= 0.3 is 0 Å². The van der Waals surface area contributed by atoms with Gasteiger partial charge in [0.2, 0.25) is 0 Å². The smallest absolute Gasteiger partial charge is 0.255 e. The fourth-order valence-electron chi connectivity index (χ4n) is 2.02. The molecule has 0 unspecified atom stereocenters. The summed E-state index contributed by atoms with van der Waals surface area (Å²) >= 11 is 1.83. The van der Waals surface area contributed by atoms with Crippen molar-refractivity contribution in [3.8, 4) is 5.75 Å². The average molecular weight is 280 g/mol. The lowest BCUT2D eigenvalue weighted by Gasteiger charge is -2.21. The Hall–Kier alpha value is -1.36. The van der Waals surface area contributed by atoms with E-state index in [9.17, 15) is 4.79 Å². The molecule has 0 fully saturated rings. The van der Waals surface area contributed by atoms with E-state index in [-0.39, 0.29) is 5.91 Å². The van der Waals surface area contributed by atoms with E-state index in [1.54, 1.807) is 0 Å². The number of hydrogen-bond acceptors (Lipinski definition) is 4. The molecule has 1 aliphatic heterocycles. The lowest BCUT2D eigenvalue weighted by Crippen LogP contribution is -2.27. The summed E-state index contributed by atoms with van der Waals surface area (Å²) in [6.45, 7) is 2.11. The van der Waals surface area contributed by atoms with Gasteiger partial charge in [-0.15, -0.1) is 0 Å². The van der Waals surface area contributed by atoms with Crippen LogP contribution in [0.2, 0.25) is 0 Å². The second kappa shape index (κ2) is 7.28. The van der Waals surface area contributed by atoms with E-state index in [1.165, 1.54) is 0 Å². The summed E-state index contributed by atoms with van der Waals surface area (Å²) in [4.78, 5) is 12.1. The fraction of sp³-hybridized carbons (Fsp3) is 0.500. The minimum Gasteiger partial charge on any atom is -0.489 e. The summed E-state index contributed by atoms with van der Waals surface area (Å²) in [5.41, 5.74) is 1.52. The molecule has 1 aliphatic rings. The maximum absolute atomic E-state index is 12.1. The van der Waals surface area contributed by atoms with E-state index < -0.39 is 0 Å². The predicted octanol–water partition coefficient (Wildman–Crippen LogP) is 2.36. The van der Waals surface area contributed by atoms with Crippen molar-refractivity contribution in [2.75, 3.05) is 37.0 Å². The zero-order valence-electron chi connectivity index (χ0n) is 11.2. The molecule has 1 aromatic carbocycles. The van der Waals surface area contributed by atoms with Gasteiger partial charge in [0, 0.05) is 13.1 Å². The van der Waals surface area contributed by atoms with E-state index in [0.29, 0.717) is 17.9 Å². The summed E-state index contributed by atoms with van der Waals surface area (Å²) in [5.74, 6) is 1.77. The molecule has 1 heterocycles. The van der Waals surface area contributed by atoms with Crippen LogP contribution >= 0.6 is 11.8 Å². The summed E-state index contributed by atoms with van der Waals surface area (Å²) < 4.78 is 5.59. The van der Waals surface area contributed by atoms with Gasteiger partial charge in [-0.05, 0) is 37.0 Å². The van der Waals surface area contributed by atoms with Gasteiger partial charge in [0.1, 0.15) is 6.61 Å². The molecule has 0 atom stereocenters. The van der Waals surface area contributed by atoms with Crippen LogP contribution in [0, 0.1) is 0 Å². The van der Waals surface area contributed by atoms with E-state index >= 15 is 0 Å². The summed E-state index contributed by atoms with van der Waals surface area (Å²) in [5, 5.41) is 6.19. The van der Waals surface area contributed by atoms with Gasteiger partial charge in [0.05, 0.1) is 11.3 Å². The predicted molar refractivity (Wildman–Crippen MR) is 80.4 cm³/mol. The Balaban J connectivity index is 1.92. The van der Waals surface area contributed by atoms with Gasteiger partial charge in [0.15, 0.2) is 5.75 Å². The Morgan fingerprint density at radius 3 is 3.21 bits per heavy atom. The molecule has 0 aromatic heterocycles. The van der Waals surface area contributed by atoms with Gasteiger partial charge < -0.3 is 15.4 Å². The molecule has 2 rings (SSSR count). The highest BCUT2D eigenvalue weighted by Gasteiger charge is 2.18. The number of ether oxygens (including phenoxy) is 1. The van der Waals surface area contributed by atoms with E-state index in [4.69, 9.17) is 4.74 Å². The third-order valence-corrected chi connectivity index (χ3v) is 3.68. The lowest BCUT2D eigenvalue weighted by molar-refractivity contribution is 0.0949. The van der Waals surface area contributed by atoms with E-state index in [1.807, 2.05) is 30.0 Å². The molecule has 0 spiro atoms. The molecule has 1 amide bonds. The molecule has 0 saturated heterocycles. The number of fused-ring (bicyclic) bond motifs is 1. The Morgan fingerprint density at radius 2 is 2.37 bits per heavy atom. The number of rotatable bonds is 6. The van der Waals surface area contributed by atoms with Gasteiger partial charge in [0.25, 0.3) is 5.91 Å². The van der Waals surface area contributed by atoms with Gasteiger partial charge in [-0.1, -0.05) is 6.07 Å². The first kappa shape index (κ1) is 14.1. The summed E-state index contributed by atoms with van der Waals surface area (Å²) in [6.07, 6.45) is 4.24. The molecule has 1 aromatic rings. The Bertz CT molecular complexity index is 437. The van der Waals surface area contributed by atoms with Crippen molar-refractivity contribution < 1.29 is 9.53 Å². The number of para-hydroxylation sites is 1. The van der Waals surface area contributed by atoms with Crippen LogP contribution < -0.4 is 15.4 Å². The molecule has 0 bridgehead atoms. The van der Waals surface area contributed by atoms with Gasteiger partial charge in [-0.3, -0.25) is 4.79 Å². The normalized spacial score (nSPS) is 13.1. The number of amides is 1. The third kappa shape index (κ3) is 3.80. The van der Waals surface area contributed by atoms with Crippen LogP contribution in [0.5, 0.6) is 5.75 Å². The van der Waals surface area contributed by atoms with Crippen molar-refractivity contribution in [2.24, 2.45) is 0 Å². The summed E-state index contributed by atoms with van der Waals surface area (Å²) in [7, 11) is 0. The quantitative estimate of drug-likeness (QED) is 0.786. The number of carbonyl (C=O) groups excluding carboxylic acids is 1. The molecule has 19 heavy (non-hydrogen) atoms. The number of anilines is 1. The number of thioether (sulfide) groups is 1. The maximum Gasteiger partial charge on any atom is 0.255 e. The van der Waals surface area contributed by atoms with Crippen molar-refractivity contribution in [2.45, 2.75) is 12.8 Å². The third-order valence-electron chi connectivity index (χ3n) is 2.98. The van der Waals surface area contributed by atoms with Crippen molar-refractivity contribution in [3.63, 3.8) is 0 Å². The SMILES string of the molecule is CSCCCCNC(=O)c1cccc2c1OCCN2. The highest BCUT2D eigenvalue weighted by atomic mass is 32.2. The molecule has 2 N–H and O–H groups in total. The molecule has 0 saturated carbocycles. The second-order valence-electron chi connectivity index (χ2n) is 4.41. The van der Waals surface area contributed by atoms with Gasteiger partial charge in [-0.2, -0.15) is 11.8 Å². The van der Waals surface area contributed by atoms with Crippen molar-refractivity contribution >= 4 is 23.4 Å². The summed E-state index contributed by atoms with van der Waals surface area (Å²) in [6, 6.07) is 5.62. The van der Waals surface area contributed by atoms with Crippen LogP contribution in [0.3, 0.4) is 0 Å². The van der Waals surface area contributed by atoms with Crippen LogP contribution in [0.4, 0.5) is 5.69 Å². The fourth-order valence-corrected chi connectivity index (χ4v) is 2.51. The average Bonchev–Trinajstić information content (AvgIpc) is 2.46.